The summed E-state index contributed by atoms with van der Waals surface area (Å²) in [4.78, 5) is 26.0. The van der Waals surface area contributed by atoms with Crippen molar-refractivity contribution in [3.8, 4) is 0 Å². The maximum Gasteiger partial charge on any atom is 0.306 e. The lowest BCUT2D eigenvalue weighted by Gasteiger charge is -2.24. The number of unbranched alkanes of at least 4 members (excludes halogenated alkanes) is 32. The molecule has 0 heterocycles. The molecule has 0 aromatic heterocycles. The fraction of sp³-hybridized carbons (Fsp3) is 0.958. The zero-order valence-corrected chi connectivity index (χ0v) is 36.6. The molecule has 0 saturated carbocycles. The smallest absolute Gasteiger partial charge is 0.306 e. The summed E-state index contributed by atoms with van der Waals surface area (Å²) < 4.78 is 5.91. The van der Waals surface area contributed by atoms with Gasteiger partial charge in [-0.2, -0.15) is 0 Å². The van der Waals surface area contributed by atoms with Crippen LogP contribution >= 0.6 is 0 Å². The Morgan fingerprint density at radius 3 is 1.13 bits per heavy atom. The lowest BCUT2D eigenvalue weighted by atomic mass is 10.0. The minimum atomic E-state index is -0.777. The number of esters is 1. The monoisotopic (exact) mass is 766 g/mol. The second-order valence-corrected chi connectivity index (χ2v) is 16.9. The molecule has 0 aliphatic carbocycles. The SMILES string of the molecule is CCCCCCCCCCCCCCCCCCC(=O)OC(CCCCCCCCCCC)CC(=O)NC(CO)C(O)CCCCCCCCCCCC. The van der Waals surface area contributed by atoms with Gasteiger partial charge in [-0.25, -0.2) is 0 Å². The van der Waals surface area contributed by atoms with E-state index in [1.807, 2.05) is 0 Å². The van der Waals surface area contributed by atoms with Crippen LogP contribution < -0.4 is 5.32 Å². The van der Waals surface area contributed by atoms with Crippen LogP contribution in [-0.4, -0.2) is 46.9 Å². The first-order valence-corrected chi connectivity index (χ1v) is 24.3. The van der Waals surface area contributed by atoms with Crippen molar-refractivity contribution in [3.05, 3.63) is 0 Å². The average molecular weight is 766 g/mol. The summed E-state index contributed by atoms with van der Waals surface area (Å²) in [5, 5.41) is 23.6. The third-order valence-electron chi connectivity index (χ3n) is 11.4. The van der Waals surface area contributed by atoms with Gasteiger partial charge in [0.1, 0.15) is 6.10 Å². The second kappa shape index (κ2) is 43.0. The first-order chi connectivity index (χ1) is 26.5. The van der Waals surface area contributed by atoms with Crippen LogP contribution in [0.15, 0.2) is 0 Å². The number of carbonyl (C=O) groups is 2. The van der Waals surface area contributed by atoms with Crippen molar-refractivity contribution in [2.45, 2.75) is 289 Å². The molecule has 0 radical (unpaired) electrons. The molecule has 0 fully saturated rings. The minimum Gasteiger partial charge on any atom is -0.462 e. The number of carbonyl (C=O) groups excluding carboxylic acids is 2. The molecule has 0 aliphatic rings. The number of ether oxygens (including phenoxy) is 1. The van der Waals surface area contributed by atoms with Gasteiger partial charge in [0.2, 0.25) is 5.91 Å². The van der Waals surface area contributed by atoms with E-state index in [-0.39, 0.29) is 24.9 Å². The molecule has 0 aromatic carbocycles. The van der Waals surface area contributed by atoms with Crippen molar-refractivity contribution in [1.82, 2.24) is 5.32 Å². The Balaban J connectivity index is 4.43. The van der Waals surface area contributed by atoms with Crippen LogP contribution in [0.2, 0.25) is 0 Å². The lowest BCUT2D eigenvalue weighted by Crippen LogP contribution is -2.46. The van der Waals surface area contributed by atoms with Crippen LogP contribution in [0.1, 0.15) is 271 Å². The molecule has 0 spiro atoms. The molecule has 54 heavy (non-hydrogen) atoms. The highest BCUT2D eigenvalue weighted by Gasteiger charge is 2.24. The number of aliphatic hydroxyl groups excluding tert-OH is 2. The maximum absolute atomic E-state index is 13.1. The van der Waals surface area contributed by atoms with Crippen molar-refractivity contribution < 1.29 is 24.5 Å². The number of hydrogen-bond acceptors (Lipinski definition) is 5. The molecule has 3 atom stereocenters. The molecule has 322 valence electrons. The van der Waals surface area contributed by atoms with Gasteiger partial charge < -0.3 is 20.3 Å². The Kier molecular flexibility index (Phi) is 42.1. The molecule has 0 aliphatic heterocycles. The van der Waals surface area contributed by atoms with Gasteiger partial charge in [-0.05, 0) is 25.7 Å². The summed E-state index contributed by atoms with van der Waals surface area (Å²) in [5.41, 5.74) is 0. The number of aliphatic hydroxyl groups is 2. The van der Waals surface area contributed by atoms with E-state index >= 15 is 0 Å². The predicted octanol–water partition coefficient (Wildman–Crippen LogP) is 14.0. The summed E-state index contributed by atoms with van der Waals surface area (Å²) in [5.74, 6) is -0.457. The van der Waals surface area contributed by atoms with Crippen LogP contribution in [0, 0.1) is 0 Å². The van der Waals surface area contributed by atoms with E-state index in [9.17, 15) is 19.8 Å². The zero-order valence-electron chi connectivity index (χ0n) is 36.6. The Morgan fingerprint density at radius 2 is 0.778 bits per heavy atom. The van der Waals surface area contributed by atoms with E-state index < -0.39 is 18.2 Å². The topological polar surface area (TPSA) is 95.9 Å². The fourth-order valence-corrected chi connectivity index (χ4v) is 7.73. The Morgan fingerprint density at radius 1 is 0.463 bits per heavy atom. The second-order valence-electron chi connectivity index (χ2n) is 16.9. The maximum atomic E-state index is 13.1. The Labute approximate surface area is 336 Å². The van der Waals surface area contributed by atoms with Gasteiger partial charge in [0.05, 0.1) is 25.2 Å². The molecule has 0 rings (SSSR count). The molecular formula is C48H95NO5. The van der Waals surface area contributed by atoms with Crippen LogP contribution in [-0.2, 0) is 14.3 Å². The Bertz CT molecular complexity index is 776. The van der Waals surface area contributed by atoms with E-state index in [1.54, 1.807) is 0 Å². The quantitative estimate of drug-likeness (QED) is 0.0424. The predicted molar refractivity (Wildman–Crippen MR) is 232 cm³/mol. The summed E-state index contributed by atoms with van der Waals surface area (Å²) in [6, 6.07) is -0.690. The van der Waals surface area contributed by atoms with Gasteiger partial charge in [-0.15, -0.1) is 0 Å². The van der Waals surface area contributed by atoms with Crippen LogP contribution in [0.5, 0.6) is 0 Å². The first-order valence-electron chi connectivity index (χ1n) is 24.3. The van der Waals surface area contributed by atoms with E-state index in [2.05, 4.69) is 26.1 Å². The summed E-state index contributed by atoms with van der Waals surface area (Å²) in [6.07, 6.45) is 44.5. The van der Waals surface area contributed by atoms with E-state index in [0.717, 1.165) is 38.5 Å². The molecule has 6 heteroatoms. The van der Waals surface area contributed by atoms with Crippen LogP contribution in [0.3, 0.4) is 0 Å². The minimum absolute atomic E-state index is 0.0865. The fourth-order valence-electron chi connectivity index (χ4n) is 7.73. The summed E-state index contributed by atoms with van der Waals surface area (Å²) in [7, 11) is 0. The number of amides is 1. The first kappa shape index (κ1) is 52.9. The number of rotatable bonds is 44. The third kappa shape index (κ3) is 37.8. The number of hydrogen-bond donors (Lipinski definition) is 3. The average Bonchev–Trinajstić information content (AvgIpc) is 3.16. The van der Waals surface area contributed by atoms with Crippen molar-refractivity contribution >= 4 is 11.9 Å². The van der Waals surface area contributed by atoms with Gasteiger partial charge >= 0.3 is 5.97 Å². The van der Waals surface area contributed by atoms with Gasteiger partial charge in [-0.3, -0.25) is 9.59 Å². The highest BCUT2D eigenvalue weighted by atomic mass is 16.5. The van der Waals surface area contributed by atoms with Crippen molar-refractivity contribution in [1.29, 1.82) is 0 Å². The lowest BCUT2D eigenvalue weighted by molar-refractivity contribution is -0.151. The summed E-state index contributed by atoms with van der Waals surface area (Å²) in [6.45, 7) is 6.47. The highest BCUT2D eigenvalue weighted by molar-refractivity contribution is 5.77. The Hall–Kier alpha value is -1.14. The molecule has 0 saturated heterocycles. The van der Waals surface area contributed by atoms with Gasteiger partial charge in [0.15, 0.2) is 0 Å². The van der Waals surface area contributed by atoms with Gasteiger partial charge in [0, 0.05) is 6.42 Å². The third-order valence-corrected chi connectivity index (χ3v) is 11.4. The molecule has 1 amide bonds. The zero-order chi connectivity index (χ0) is 39.6. The number of nitrogens with one attached hydrogen (secondary N) is 1. The largest absolute Gasteiger partial charge is 0.462 e. The van der Waals surface area contributed by atoms with Crippen molar-refractivity contribution in [3.63, 3.8) is 0 Å². The molecule has 0 aromatic rings. The standard InChI is InChI=1S/C48H95NO5/c1-4-7-10-13-16-19-21-22-23-24-25-26-29-32-35-38-41-48(53)54-44(39-36-33-30-27-18-15-12-9-6-3)42-47(52)49-45(43-50)46(51)40-37-34-31-28-20-17-14-11-8-5-2/h44-46,50-51H,4-43H2,1-3H3,(H,49,52). The molecule has 0 bridgehead atoms. The van der Waals surface area contributed by atoms with Crippen LogP contribution in [0.25, 0.3) is 0 Å². The van der Waals surface area contributed by atoms with Gasteiger partial charge in [-0.1, -0.05) is 233 Å². The van der Waals surface area contributed by atoms with Gasteiger partial charge in [0.25, 0.3) is 0 Å². The van der Waals surface area contributed by atoms with E-state index in [4.69, 9.17) is 4.74 Å². The molecule has 3 unspecified atom stereocenters. The van der Waals surface area contributed by atoms with E-state index in [0.29, 0.717) is 19.3 Å². The van der Waals surface area contributed by atoms with Crippen LogP contribution in [0.4, 0.5) is 0 Å². The molecule has 6 nitrogen and oxygen atoms in total. The van der Waals surface area contributed by atoms with E-state index in [1.165, 1.54) is 186 Å². The summed E-state index contributed by atoms with van der Waals surface area (Å²) >= 11 is 0. The highest BCUT2D eigenvalue weighted by Crippen LogP contribution is 2.18. The molecule has 3 N–H and O–H groups in total. The van der Waals surface area contributed by atoms with Crippen molar-refractivity contribution in [2.75, 3.05) is 6.61 Å². The normalized spacial score (nSPS) is 13.2. The van der Waals surface area contributed by atoms with Crippen molar-refractivity contribution in [2.24, 2.45) is 0 Å². The molecular weight excluding hydrogens is 671 g/mol.